The molecule has 4 atom stereocenters. The first kappa shape index (κ1) is 33.4. The highest BCUT2D eigenvalue weighted by Crippen LogP contribution is 2.40. The van der Waals surface area contributed by atoms with Gasteiger partial charge < -0.3 is 34.0 Å². The van der Waals surface area contributed by atoms with Crippen LogP contribution >= 0.6 is 23.2 Å². The van der Waals surface area contributed by atoms with Crippen LogP contribution < -0.4 is 19.4 Å². The van der Waals surface area contributed by atoms with E-state index in [4.69, 9.17) is 37.4 Å². The fraction of sp³-hybridized carbons (Fsp3) is 0.400. The molecular weight excluding hydrogens is 667 g/mol. The SMILES string of the molecule is C[C@H](O)[C@H](C)N1CN(c2ccc(N3CCN(c4ccc(OC[C@H]5CO[C@@](Cn6cncn6)(c6ccc(Cl)cc6Cl)O5)cc4)CC3)cc2)C=N1. The third kappa shape index (κ3) is 7.43. The van der Waals surface area contributed by atoms with Crippen molar-refractivity contribution in [3.8, 4) is 5.75 Å². The summed E-state index contributed by atoms with van der Waals surface area (Å²) in [4.78, 5) is 11.0. The number of aromatic nitrogens is 3. The molecule has 0 amide bonds. The van der Waals surface area contributed by atoms with E-state index in [1.54, 1.807) is 30.1 Å². The van der Waals surface area contributed by atoms with Gasteiger partial charge in [-0.15, -0.1) is 0 Å². The average Bonchev–Trinajstić information content (AvgIpc) is 3.90. The summed E-state index contributed by atoms with van der Waals surface area (Å²) >= 11 is 12.7. The summed E-state index contributed by atoms with van der Waals surface area (Å²) < 4.78 is 20.5. The van der Waals surface area contributed by atoms with Gasteiger partial charge in [-0.05, 0) is 74.5 Å². The molecular formula is C35H40Cl2N8O4. The molecule has 49 heavy (non-hydrogen) atoms. The van der Waals surface area contributed by atoms with E-state index in [1.165, 1.54) is 12.0 Å². The summed E-state index contributed by atoms with van der Waals surface area (Å²) in [7, 11) is 0. The molecule has 0 radical (unpaired) electrons. The number of rotatable bonds is 11. The molecule has 0 aliphatic carbocycles. The molecule has 14 heteroatoms. The summed E-state index contributed by atoms with van der Waals surface area (Å²) in [5, 5.41) is 21.5. The van der Waals surface area contributed by atoms with Crippen LogP contribution in [0, 0.1) is 0 Å². The molecule has 2 saturated heterocycles. The Morgan fingerprint density at radius 3 is 2.24 bits per heavy atom. The van der Waals surface area contributed by atoms with E-state index in [1.807, 2.05) is 36.5 Å². The number of ether oxygens (including phenoxy) is 3. The third-order valence-electron chi connectivity index (χ3n) is 9.31. The zero-order valence-corrected chi connectivity index (χ0v) is 29.0. The van der Waals surface area contributed by atoms with Crippen molar-refractivity contribution in [2.24, 2.45) is 5.10 Å². The number of piperazine rings is 1. The summed E-state index contributed by atoms with van der Waals surface area (Å²) in [6.07, 6.45) is 4.14. The molecule has 0 saturated carbocycles. The maximum atomic E-state index is 9.90. The summed E-state index contributed by atoms with van der Waals surface area (Å²) in [5.41, 5.74) is 4.12. The monoisotopic (exact) mass is 706 g/mol. The Morgan fingerprint density at radius 2 is 1.61 bits per heavy atom. The molecule has 4 heterocycles. The minimum atomic E-state index is -1.15. The molecule has 0 unspecified atom stereocenters. The predicted molar refractivity (Wildman–Crippen MR) is 191 cm³/mol. The number of halogens is 2. The number of anilines is 3. The molecule has 0 bridgehead atoms. The van der Waals surface area contributed by atoms with Crippen LogP contribution in [-0.2, 0) is 21.8 Å². The van der Waals surface area contributed by atoms with E-state index in [2.05, 4.69) is 66.3 Å². The average molecular weight is 708 g/mol. The first-order chi connectivity index (χ1) is 23.8. The zero-order chi connectivity index (χ0) is 34.0. The van der Waals surface area contributed by atoms with Gasteiger partial charge in [0.15, 0.2) is 0 Å². The summed E-state index contributed by atoms with van der Waals surface area (Å²) in [6, 6.07) is 22.0. The van der Waals surface area contributed by atoms with Crippen molar-refractivity contribution in [1.29, 1.82) is 0 Å². The Hall–Kier alpha value is -4.07. The molecule has 1 N–H and O–H groups in total. The summed E-state index contributed by atoms with van der Waals surface area (Å²) in [6.45, 7) is 9.00. The van der Waals surface area contributed by atoms with Crippen molar-refractivity contribution in [1.82, 2.24) is 19.8 Å². The lowest BCUT2D eigenvalue weighted by molar-refractivity contribution is -0.190. The van der Waals surface area contributed by atoms with E-state index in [0.717, 1.165) is 43.3 Å². The smallest absolute Gasteiger partial charge is 0.217 e. The van der Waals surface area contributed by atoms with Crippen LogP contribution in [0.3, 0.4) is 0 Å². The quantitative estimate of drug-likeness (QED) is 0.228. The maximum Gasteiger partial charge on any atom is 0.217 e. The minimum absolute atomic E-state index is 0.0397. The molecule has 2 fully saturated rings. The van der Waals surface area contributed by atoms with Gasteiger partial charge >= 0.3 is 0 Å². The molecule has 3 aliphatic heterocycles. The molecule has 7 rings (SSSR count). The Balaban J connectivity index is 0.901. The molecule has 258 valence electrons. The fourth-order valence-electron chi connectivity index (χ4n) is 6.29. The molecule has 3 aromatic carbocycles. The molecule has 4 aromatic rings. The maximum absolute atomic E-state index is 9.90. The lowest BCUT2D eigenvalue weighted by Gasteiger charge is -2.37. The van der Waals surface area contributed by atoms with Crippen LogP contribution in [0.15, 0.2) is 84.5 Å². The van der Waals surface area contributed by atoms with Gasteiger partial charge in [-0.3, -0.25) is 5.01 Å². The standard InChI is InChI=1S/C35H40Cl2N8O4/c1-25(26(2)46)45-24-43(23-40-45)30-6-4-28(5-7-30)41-13-15-42(16-14-41)29-8-10-31(11-9-29)47-18-32-19-48-35(49-32,20-44-22-38-21-39-44)33-12-3-27(36)17-34(33)37/h3-12,17,21-23,25-26,32,46H,13-16,18-20,24H2,1-2H3/t25-,26-,32-,35+/m0/s1. The van der Waals surface area contributed by atoms with Gasteiger partial charge in [-0.2, -0.15) is 10.2 Å². The number of nitrogens with zero attached hydrogens (tertiary/aromatic N) is 8. The predicted octanol–water partition coefficient (Wildman–Crippen LogP) is 5.05. The van der Waals surface area contributed by atoms with Crippen molar-refractivity contribution >= 4 is 46.6 Å². The van der Waals surface area contributed by atoms with Crippen molar-refractivity contribution in [3.63, 3.8) is 0 Å². The van der Waals surface area contributed by atoms with E-state index in [9.17, 15) is 5.11 Å². The van der Waals surface area contributed by atoms with Gasteiger partial charge in [-0.25, -0.2) is 9.67 Å². The molecule has 12 nitrogen and oxygen atoms in total. The number of hydrogen-bond donors (Lipinski definition) is 1. The van der Waals surface area contributed by atoms with Gasteiger partial charge in [0, 0.05) is 53.8 Å². The summed E-state index contributed by atoms with van der Waals surface area (Å²) in [5.74, 6) is -0.392. The topological polar surface area (TPSA) is 104 Å². The second-order valence-electron chi connectivity index (χ2n) is 12.6. The van der Waals surface area contributed by atoms with Gasteiger partial charge in [-0.1, -0.05) is 29.3 Å². The highest BCUT2D eigenvalue weighted by molar-refractivity contribution is 6.35. The van der Waals surface area contributed by atoms with Crippen molar-refractivity contribution in [3.05, 3.63) is 95.0 Å². The van der Waals surface area contributed by atoms with E-state index in [0.29, 0.717) is 35.5 Å². The number of aliphatic hydroxyl groups excluding tert-OH is 1. The van der Waals surface area contributed by atoms with Crippen LogP contribution in [0.4, 0.5) is 17.1 Å². The lowest BCUT2D eigenvalue weighted by atomic mass is 10.1. The van der Waals surface area contributed by atoms with Crippen LogP contribution in [0.5, 0.6) is 5.75 Å². The van der Waals surface area contributed by atoms with Gasteiger partial charge in [0.25, 0.3) is 0 Å². The number of hydrazone groups is 1. The Kier molecular flexibility index (Phi) is 9.84. The van der Waals surface area contributed by atoms with Crippen molar-refractivity contribution in [2.75, 3.05) is 60.8 Å². The van der Waals surface area contributed by atoms with Gasteiger partial charge in [0.2, 0.25) is 5.79 Å². The van der Waals surface area contributed by atoms with Crippen LogP contribution in [0.2, 0.25) is 10.0 Å². The fourth-order valence-corrected chi connectivity index (χ4v) is 6.84. The highest BCUT2D eigenvalue weighted by atomic mass is 35.5. The molecule has 0 spiro atoms. The highest BCUT2D eigenvalue weighted by Gasteiger charge is 2.45. The van der Waals surface area contributed by atoms with Gasteiger partial charge in [0.05, 0.1) is 23.8 Å². The van der Waals surface area contributed by atoms with Crippen molar-refractivity contribution < 1.29 is 19.3 Å². The van der Waals surface area contributed by atoms with Crippen LogP contribution in [0.25, 0.3) is 0 Å². The van der Waals surface area contributed by atoms with E-state index in [-0.39, 0.29) is 18.7 Å². The number of benzene rings is 3. The first-order valence-corrected chi connectivity index (χ1v) is 17.2. The largest absolute Gasteiger partial charge is 0.491 e. The normalized spacial score (nSPS) is 22.2. The van der Waals surface area contributed by atoms with Crippen LogP contribution in [-0.4, -0.2) is 95.5 Å². The molecule has 3 aliphatic rings. The first-order valence-electron chi connectivity index (χ1n) is 16.4. The Labute approximate surface area is 296 Å². The third-order valence-corrected chi connectivity index (χ3v) is 9.85. The molecule has 1 aromatic heterocycles. The van der Waals surface area contributed by atoms with E-state index < -0.39 is 11.9 Å². The number of aliphatic hydroxyl groups is 1. The minimum Gasteiger partial charge on any atom is -0.491 e. The lowest BCUT2D eigenvalue weighted by Crippen LogP contribution is -2.46. The second kappa shape index (κ2) is 14.4. The van der Waals surface area contributed by atoms with Crippen LogP contribution in [0.1, 0.15) is 19.4 Å². The van der Waals surface area contributed by atoms with E-state index >= 15 is 0 Å². The second-order valence-corrected chi connectivity index (χ2v) is 13.4. The number of hydrogen-bond acceptors (Lipinski definition) is 11. The van der Waals surface area contributed by atoms with Crippen molar-refractivity contribution in [2.45, 2.75) is 44.4 Å². The van der Waals surface area contributed by atoms with Gasteiger partial charge in [0.1, 0.15) is 50.7 Å². The zero-order valence-electron chi connectivity index (χ0n) is 27.5. The Bertz CT molecular complexity index is 1720. The Morgan fingerprint density at radius 1 is 0.939 bits per heavy atom.